The van der Waals surface area contributed by atoms with Gasteiger partial charge in [0.2, 0.25) is 10.0 Å². The molecule has 0 amide bonds. The average molecular weight is 283 g/mol. The summed E-state index contributed by atoms with van der Waals surface area (Å²) in [6, 6.07) is 0. The van der Waals surface area contributed by atoms with Gasteiger partial charge in [0.05, 0.1) is 19.1 Å². The SMILES string of the molecule is COC(=O)C(C)S(=O)(=O)NCC(C)(O)CC(=O)O. The molecule has 0 aromatic carbocycles. The molecule has 2 unspecified atom stereocenters. The van der Waals surface area contributed by atoms with Gasteiger partial charge in [-0.25, -0.2) is 13.1 Å². The Hall–Kier alpha value is -1.19. The summed E-state index contributed by atoms with van der Waals surface area (Å²) in [5.74, 6) is -2.21. The lowest BCUT2D eigenvalue weighted by molar-refractivity contribution is -0.142. The van der Waals surface area contributed by atoms with Gasteiger partial charge in [0.1, 0.15) is 0 Å². The molecule has 8 nitrogen and oxygen atoms in total. The fourth-order valence-corrected chi connectivity index (χ4v) is 2.17. The Balaban J connectivity index is 4.62. The Morgan fingerprint density at radius 1 is 1.44 bits per heavy atom. The molecule has 0 aliphatic heterocycles. The summed E-state index contributed by atoms with van der Waals surface area (Å²) in [5, 5.41) is 16.7. The second kappa shape index (κ2) is 6.12. The van der Waals surface area contributed by atoms with E-state index in [0.29, 0.717) is 0 Å². The molecule has 0 fully saturated rings. The standard InChI is InChI=1S/C9H17NO7S/c1-6(8(13)17-3)18(15,16)10-5-9(2,14)4-7(11)12/h6,10,14H,4-5H2,1-3H3,(H,11,12). The molecule has 0 saturated heterocycles. The number of methoxy groups -OCH3 is 1. The number of esters is 1. The minimum absolute atomic E-state index is 0.511. The van der Waals surface area contributed by atoms with Crippen molar-refractivity contribution in [2.24, 2.45) is 0 Å². The zero-order chi connectivity index (χ0) is 14.6. The van der Waals surface area contributed by atoms with E-state index in [0.717, 1.165) is 14.0 Å². The first kappa shape index (κ1) is 16.8. The van der Waals surface area contributed by atoms with Crippen LogP contribution in [0.1, 0.15) is 20.3 Å². The van der Waals surface area contributed by atoms with Crippen LogP contribution in [0, 0.1) is 0 Å². The third kappa shape index (κ3) is 5.43. The number of carbonyl (C=O) groups is 2. The fraction of sp³-hybridized carbons (Fsp3) is 0.778. The maximum Gasteiger partial charge on any atom is 0.325 e. The third-order valence-corrected chi connectivity index (χ3v) is 3.85. The first-order chi connectivity index (χ1) is 8.02. The van der Waals surface area contributed by atoms with Gasteiger partial charge >= 0.3 is 11.9 Å². The van der Waals surface area contributed by atoms with Crippen LogP contribution in [0.25, 0.3) is 0 Å². The van der Waals surface area contributed by atoms with Crippen LogP contribution in [0.3, 0.4) is 0 Å². The predicted molar refractivity (Wildman–Crippen MR) is 61.3 cm³/mol. The zero-order valence-corrected chi connectivity index (χ0v) is 11.2. The van der Waals surface area contributed by atoms with E-state index in [2.05, 4.69) is 4.74 Å². The molecule has 9 heteroatoms. The summed E-state index contributed by atoms with van der Waals surface area (Å²) in [6.45, 7) is 1.79. The van der Waals surface area contributed by atoms with Gasteiger partial charge in [-0.3, -0.25) is 9.59 Å². The number of aliphatic hydroxyl groups is 1. The maximum absolute atomic E-state index is 11.6. The summed E-state index contributed by atoms with van der Waals surface area (Å²) in [5.41, 5.74) is -1.74. The van der Waals surface area contributed by atoms with Crippen LogP contribution in [0.2, 0.25) is 0 Å². The molecule has 0 aromatic rings. The molecule has 0 spiro atoms. The summed E-state index contributed by atoms with van der Waals surface area (Å²) in [4.78, 5) is 21.5. The van der Waals surface area contributed by atoms with Crippen molar-refractivity contribution in [3.05, 3.63) is 0 Å². The Morgan fingerprint density at radius 2 is 1.94 bits per heavy atom. The normalized spacial score (nSPS) is 16.7. The number of aliphatic carboxylic acids is 1. The number of carbonyl (C=O) groups excluding carboxylic acids is 1. The van der Waals surface area contributed by atoms with Gasteiger partial charge in [-0.2, -0.15) is 0 Å². The summed E-state index contributed by atoms with van der Waals surface area (Å²) < 4.78 is 29.4. The Morgan fingerprint density at radius 3 is 2.33 bits per heavy atom. The largest absolute Gasteiger partial charge is 0.481 e. The fourth-order valence-electron chi connectivity index (χ4n) is 1.06. The van der Waals surface area contributed by atoms with E-state index in [1.54, 1.807) is 0 Å². The number of sulfonamides is 1. The highest BCUT2D eigenvalue weighted by Crippen LogP contribution is 2.09. The van der Waals surface area contributed by atoms with E-state index < -0.39 is 45.8 Å². The Kier molecular flexibility index (Phi) is 5.71. The predicted octanol–water partition coefficient (Wildman–Crippen LogP) is -1.31. The number of carboxylic acid groups (broad SMARTS) is 1. The molecule has 0 saturated carbocycles. The third-order valence-electron chi connectivity index (χ3n) is 2.18. The molecule has 0 aliphatic carbocycles. The van der Waals surface area contributed by atoms with Crippen LogP contribution >= 0.6 is 0 Å². The molecule has 0 rings (SSSR count). The van der Waals surface area contributed by atoms with Gasteiger partial charge in [-0.1, -0.05) is 0 Å². The van der Waals surface area contributed by atoms with Gasteiger partial charge in [-0.15, -0.1) is 0 Å². The quantitative estimate of drug-likeness (QED) is 0.495. The van der Waals surface area contributed by atoms with E-state index >= 15 is 0 Å². The molecule has 3 N–H and O–H groups in total. The van der Waals surface area contributed by atoms with Gasteiger partial charge in [0.15, 0.2) is 5.25 Å². The van der Waals surface area contributed by atoms with Crippen molar-refractivity contribution in [2.75, 3.05) is 13.7 Å². The summed E-state index contributed by atoms with van der Waals surface area (Å²) >= 11 is 0. The molecule has 0 radical (unpaired) electrons. The van der Waals surface area contributed by atoms with Crippen molar-refractivity contribution in [1.82, 2.24) is 4.72 Å². The number of nitrogens with one attached hydrogen (secondary N) is 1. The van der Waals surface area contributed by atoms with Crippen molar-refractivity contribution in [1.29, 1.82) is 0 Å². The number of hydrogen-bond donors (Lipinski definition) is 3. The molecule has 106 valence electrons. The Labute approximate surface area is 105 Å². The molecular formula is C9H17NO7S. The average Bonchev–Trinajstić information content (AvgIpc) is 2.23. The number of rotatable bonds is 7. The lowest BCUT2D eigenvalue weighted by Crippen LogP contribution is -2.46. The first-order valence-corrected chi connectivity index (χ1v) is 6.57. The first-order valence-electron chi connectivity index (χ1n) is 5.02. The van der Waals surface area contributed by atoms with E-state index in [4.69, 9.17) is 5.11 Å². The highest BCUT2D eigenvalue weighted by Gasteiger charge is 2.32. The lowest BCUT2D eigenvalue weighted by Gasteiger charge is -2.22. The molecule has 0 heterocycles. The van der Waals surface area contributed by atoms with Crippen molar-refractivity contribution in [3.8, 4) is 0 Å². The maximum atomic E-state index is 11.6. The van der Waals surface area contributed by atoms with Crippen LogP contribution in [0.4, 0.5) is 0 Å². The van der Waals surface area contributed by atoms with Crippen LogP contribution < -0.4 is 4.72 Å². The number of hydrogen-bond acceptors (Lipinski definition) is 6. The molecule has 2 atom stereocenters. The summed E-state index contributed by atoms with van der Waals surface area (Å²) in [6.07, 6.45) is -0.623. The second-order valence-corrected chi connectivity index (χ2v) is 6.18. The minimum atomic E-state index is -4.02. The van der Waals surface area contributed by atoms with Gasteiger partial charge in [-0.05, 0) is 13.8 Å². The van der Waals surface area contributed by atoms with E-state index in [1.807, 2.05) is 4.72 Å². The minimum Gasteiger partial charge on any atom is -0.481 e. The van der Waals surface area contributed by atoms with E-state index in [9.17, 15) is 23.1 Å². The number of carboxylic acids is 1. The highest BCUT2D eigenvalue weighted by molar-refractivity contribution is 7.90. The Bertz CT molecular complexity index is 415. The molecule has 0 aliphatic rings. The van der Waals surface area contributed by atoms with E-state index in [-0.39, 0.29) is 0 Å². The van der Waals surface area contributed by atoms with Crippen molar-refractivity contribution in [2.45, 2.75) is 31.1 Å². The molecule has 0 bridgehead atoms. The summed E-state index contributed by atoms with van der Waals surface area (Å²) in [7, 11) is -2.97. The number of ether oxygens (including phenoxy) is 1. The van der Waals surface area contributed by atoms with Crippen LogP contribution in [0.5, 0.6) is 0 Å². The van der Waals surface area contributed by atoms with Crippen LogP contribution in [-0.2, 0) is 24.3 Å². The van der Waals surface area contributed by atoms with E-state index in [1.165, 1.54) is 6.92 Å². The van der Waals surface area contributed by atoms with Crippen molar-refractivity contribution < 1.29 is 33.0 Å². The zero-order valence-electron chi connectivity index (χ0n) is 10.3. The smallest absolute Gasteiger partial charge is 0.325 e. The highest BCUT2D eigenvalue weighted by atomic mass is 32.2. The van der Waals surface area contributed by atoms with Crippen LogP contribution in [-0.4, -0.2) is 55.1 Å². The molecule has 0 aromatic heterocycles. The topological polar surface area (TPSA) is 130 Å². The monoisotopic (exact) mass is 283 g/mol. The molecule has 18 heavy (non-hydrogen) atoms. The van der Waals surface area contributed by atoms with Crippen molar-refractivity contribution >= 4 is 22.0 Å². The molecular weight excluding hydrogens is 266 g/mol. The van der Waals surface area contributed by atoms with Gasteiger partial charge < -0.3 is 14.9 Å². The van der Waals surface area contributed by atoms with Crippen molar-refractivity contribution in [3.63, 3.8) is 0 Å². The van der Waals surface area contributed by atoms with Gasteiger partial charge in [0.25, 0.3) is 0 Å². The van der Waals surface area contributed by atoms with Crippen LogP contribution in [0.15, 0.2) is 0 Å². The van der Waals surface area contributed by atoms with Gasteiger partial charge in [0, 0.05) is 6.54 Å². The lowest BCUT2D eigenvalue weighted by atomic mass is 10.0. The second-order valence-electron chi connectivity index (χ2n) is 4.10.